The highest BCUT2D eigenvalue weighted by atomic mass is 32.2. The highest BCUT2D eigenvalue weighted by Gasteiger charge is 2.20. The molecule has 1 aromatic rings. The van der Waals surface area contributed by atoms with Crippen molar-refractivity contribution in [2.24, 2.45) is 0 Å². The van der Waals surface area contributed by atoms with Crippen molar-refractivity contribution in [3.8, 4) is 5.75 Å². The molecule has 0 aromatic heterocycles. The average molecular weight is 237 g/mol. The molecule has 1 aliphatic heterocycles. The van der Waals surface area contributed by atoms with Crippen molar-refractivity contribution in [1.29, 1.82) is 0 Å². The van der Waals surface area contributed by atoms with E-state index < -0.39 is 0 Å². The van der Waals surface area contributed by atoms with Gasteiger partial charge in [0.15, 0.2) is 0 Å². The third kappa shape index (κ3) is 2.53. The lowest BCUT2D eigenvalue weighted by Crippen LogP contribution is -2.33. The molecule has 2 nitrogen and oxygen atoms in total. The van der Waals surface area contributed by atoms with E-state index in [-0.39, 0.29) is 0 Å². The highest BCUT2D eigenvalue weighted by molar-refractivity contribution is 7.99. The molecule has 0 aliphatic carbocycles. The third-order valence-corrected chi connectivity index (χ3v) is 4.21. The maximum atomic E-state index is 5.28. The number of ether oxygens (including phenoxy) is 1. The number of thioether (sulfide) groups is 1. The Hall–Kier alpha value is -0.670. The molecule has 0 amide bonds. The first-order chi connectivity index (χ1) is 7.70. The summed E-state index contributed by atoms with van der Waals surface area (Å²) in [6.07, 6.45) is 1.26. The number of hydrogen-bond donors (Lipinski definition) is 1. The summed E-state index contributed by atoms with van der Waals surface area (Å²) >= 11 is 1.99. The number of hydrogen-bond acceptors (Lipinski definition) is 3. The van der Waals surface area contributed by atoms with Crippen molar-refractivity contribution >= 4 is 11.8 Å². The second kappa shape index (κ2) is 5.11. The molecule has 2 unspecified atom stereocenters. The number of rotatable bonds is 2. The minimum atomic E-state index is 0.438. The van der Waals surface area contributed by atoms with Crippen LogP contribution in [0.2, 0.25) is 0 Å². The Morgan fingerprint density at radius 3 is 2.88 bits per heavy atom. The summed E-state index contributed by atoms with van der Waals surface area (Å²) in [5, 5.41) is 4.06. The molecule has 2 rings (SSSR count). The van der Waals surface area contributed by atoms with E-state index in [1.807, 2.05) is 11.8 Å². The van der Waals surface area contributed by atoms with Gasteiger partial charge in [-0.1, -0.05) is 6.07 Å². The van der Waals surface area contributed by atoms with Gasteiger partial charge in [-0.3, -0.25) is 5.32 Å². The zero-order valence-electron chi connectivity index (χ0n) is 10.1. The van der Waals surface area contributed by atoms with Crippen LogP contribution in [0.15, 0.2) is 18.2 Å². The molecule has 1 heterocycles. The molecule has 88 valence electrons. The van der Waals surface area contributed by atoms with Crippen molar-refractivity contribution in [2.75, 3.05) is 12.9 Å². The van der Waals surface area contributed by atoms with Gasteiger partial charge in [0.05, 0.1) is 12.5 Å². The van der Waals surface area contributed by atoms with E-state index in [1.165, 1.54) is 23.3 Å². The summed E-state index contributed by atoms with van der Waals surface area (Å²) in [5.74, 6) is 2.21. The van der Waals surface area contributed by atoms with Gasteiger partial charge in [-0.2, -0.15) is 0 Å². The lowest BCUT2D eigenvalue weighted by Gasteiger charge is -2.29. The van der Waals surface area contributed by atoms with Crippen LogP contribution in [-0.2, 0) is 0 Å². The number of nitrogens with one attached hydrogen (secondary N) is 1. The van der Waals surface area contributed by atoms with Crippen molar-refractivity contribution in [2.45, 2.75) is 31.7 Å². The van der Waals surface area contributed by atoms with Crippen molar-refractivity contribution in [3.63, 3.8) is 0 Å². The Labute approximate surface area is 102 Å². The predicted octanol–water partition coefficient (Wildman–Crippen LogP) is 3.12. The molecule has 1 fully saturated rings. The molecule has 0 bridgehead atoms. The zero-order valence-corrected chi connectivity index (χ0v) is 10.9. The van der Waals surface area contributed by atoms with Gasteiger partial charge in [0.1, 0.15) is 5.75 Å². The zero-order chi connectivity index (χ0) is 11.5. The largest absolute Gasteiger partial charge is 0.496 e. The van der Waals surface area contributed by atoms with E-state index >= 15 is 0 Å². The topological polar surface area (TPSA) is 21.3 Å². The Bertz CT molecular complexity index is 367. The van der Waals surface area contributed by atoms with E-state index in [0.29, 0.717) is 11.4 Å². The van der Waals surface area contributed by atoms with E-state index in [2.05, 4.69) is 37.4 Å². The van der Waals surface area contributed by atoms with Crippen LogP contribution in [0.3, 0.4) is 0 Å². The van der Waals surface area contributed by atoms with Crippen LogP contribution in [0, 0.1) is 6.92 Å². The maximum absolute atomic E-state index is 5.28. The molecule has 1 N–H and O–H groups in total. The van der Waals surface area contributed by atoms with Crippen LogP contribution in [0.4, 0.5) is 0 Å². The van der Waals surface area contributed by atoms with Gasteiger partial charge in [0.2, 0.25) is 0 Å². The standard InChI is InChI=1S/C13H19NOS/c1-9-8-11(4-5-12(9)15-3)13-14-10(2)6-7-16-13/h4-5,8,10,13-14H,6-7H2,1-3H3. The number of benzene rings is 1. The van der Waals surface area contributed by atoms with Crippen LogP contribution in [0.5, 0.6) is 5.75 Å². The first-order valence-corrected chi connectivity index (χ1v) is 6.78. The molecule has 1 saturated heterocycles. The molecule has 2 atom stereocenters. The van der Waals surface area contributed by atoms with Gasteiger partial charge >= 0.3 is 0 Å². The normalized spacial score (nSPS) is 25.4. The number of methoxy groups -OCH3 is 1. The van der Waals surface area contributed by atoms with E-state index in [0.717, 1.165) is 5.75 Å². The smallest absolute Gasteiger partial charge is 0.121 e. The van der Waals surface area contributed by atoms with E-state index in [9.17, 15) is 0 Å². The number of aryl methyl sites for hydroxylation is 1. The first kappa shape index (κ1) is 11.8. The summed E-state index contributed by atoms with van der Waals surface area (Å²) in [4.78, 5) is 0. The minimum absolute atomic E-state index is 0.438. The highest BCUT2D eigenvalue weighted by Crippen LogP contribution is 2.33. The van der Waals surface area contributed by atoms with E-state index in [1.54, 1.807) is 7.11 Å². The van der Waals surface area contributed by atoms with Crippen LogP contribution in [0.25, 0.3) is 0 Å². The van der Waals surface area contributed by atoms with Crippen LogP contribution >= 0.6 is 11.8 Å². The minimum Gasteiger partial charge on any atom is -0.496 e. The second-order valence-electron chi connectivity index (χ2n) is 4.34. The first-order valence-electron chi connectivity index (χ1n) is 5.73. The molecule has 16 heavy (non-hydrogen) atoms. The Balaban J connectivity index is 2.17. The van der Waals surface area contributed by atoms with Crippen molar-refractivity contribution < 1.29 is 4.74 Å². The van der Waals surface area contributed by atoms with Gasteiger partial charge in [-0.05, 0) is 49.3 Å². The fourth-order valence-corrected chi connectivity index (χ4v) is 3.40. The average Bonchev–Trinajstić information content (AvgIpc) is 2.29. The quantitative estimate of drug-likeness (QED) is 0.854. The lowest BCUT2D eigenvalue weighted by molar-refractivity contribution is 0.411. The third-order valence-electron chi connectivity index (χ3n) is 2.99. The summed E-state index contributed by atoms with van der Waals surface area (Å²) in [6, 6.07) is 7.07. The molecule has 0 spiro atoms. The van der Waals surface area contributed by atoms with Crippen molar-refractivity contribution in [3.05, 3.63) is 29.3 Å². The van der Waals surface area contributed by atoms with Crippen LogP contribution in [0.1, 0.15) is 29.8 Å². The predicted molar refractivity (Wildman–Crippen MR) is 70.1 cm³/mol. The second-order valence-corrected chi connectivity index (χ2v) is 5.55. The molecule has 3 heteroatoms. The summed E-state index contributed by atoms with van der Waals surface area (Å²) < 4.78 is 5.28. The molecule has 0 radical (unpaired) electrons. The molecule has 1 aliphatic rings. The van der Waals surface area contributed by atoms with E-state index in [4.69, 9.17) is 4.74 Å². The maximum Gasteiger partial charge on any atom is 0.121 e. The molecular weight excluding hydrogens is 218 g/mol. The lowest BCUT2D eigenvalue weighted by atomic mass is 10.1. The van der Waals surface area contributed by atoms with Gasteiger partial charge in [0.25, 0.3) is 0 Å². The van der Waals surface area contributed by atoms with Crippen LogP contribution < -0.4 is 10.1 Å². The summed E-state index contributed by atoms with van der Waals surface area (Å²) in [5.41, 5.74) is 2.57. The SMILES string of the molecule is COc1ccc(C2NC(C)CCS2)cc1C. The Morgan fingerprint density at radius 2 is 2.25 bits per heavy atom. The summed E-state index contributed by atoms with van der Waals surface area (Å²) in [7, 11) is 1.72. The molecule has 1 aromatic carbocycles. The molecular formula is C13H19NOS. The fourth-order valence-electron chi connectivity index (χ4n) is 2.01. The Morgan fingerprint density at radius 1 is 1.44 bits per heavy atom. The van der Waals surface area contributed by atoms with Gasteiger partial charge in [-0.25, -0.2) is 0 Å². The molecule has 0 saturated carbocycles. The monoisotopic (exact) mass is 237 g/mol. The van der Waals surface area contributed by atoms with Gasteiger partial charge < -0.3 is 4.74 Å². The summed E-state index contributed by atoms with van der Waals surface area (Å²) in [6.45, 7) is 4.35. The van der Waals surface area contributed by atoms with Gasteiger partial charge in [0, 0.05) is 6.04 Å². The van der Waals surface area contributed by atoms with Crippen LogP contribution in [-0.4, -0.2) is 18.9 Å². The van der Waals surface area contributed by atoms with Gasteiger partial charge in [-0.15, -0.1) is 11.8 Å². The fraction of sp³-hybridized carbons (Fsp3) is 0.538. The Kier molecular flexibility index (Phi) is 3.77. The van der Waals surface area contributed by atoms with Crippen molar-refractivity contribution in [1.82, 2.24) is 5.32 Å².